The third-order valence-electron chi connectivity index (χ3n) is 8.11. The average molecular weight is 362 g/mol. The summed E-state index contributed by atoms with van der Waals surface area (Å²) in [6.07, 6.45) is 3.45. The van der Waals surface area contributed by atoms with Crippen molar-refractivity contribution in [2.45, 2.75) is 69.0 Å². The van der Waals surface area contributed by atoms with Gasteiger partial charge >= 0.3 is 5.97 Å². The molecule has 0 aromatic rings. The molecular formula is C20H26O6. The van der Waals surface area contributed by atoms with Crippen LogP contribution in [0.15, 0.2) is 23.3 Å². The first kappa shape index (κ1) is 16.9. The van der Waals surface area contributed by atoms with Gasteiger partial charge in [0, 0.05) is 11.0 Å². The molecule has 0 radical (unpaired) electrons. The van der Waals surface area contributed by atoms with E-state index in [1.807, 2.05) is 20.8 Å². The number of fused-ring (bicyclic) bond motifs is 3. The van der Waals surface area contributed by atoms with E-state index >= 15 is 0 Å². The van der Waals surface area contributed by atoms with Crippen molar-refractivity contribution in [2.75, 3.05) is 6.61 Å². The van der Waals surface area contributed by atoms with Crippen LogP contribution in [0.5, 0.6) is 0 Å². The number of carbonyl (C=O) groups excluding carboxylic acids is 1. The SMILES string of the molecule is CC(C)[C@]1(O)C=C[C@]2(O)[C@]3(O[C@H]3C[C@H]3C4=C(CC[C@@]32C)C(=O)OC4)[C@@H]1O. The van der Waals surface area contributed by atoms with Crippen LogP contribution in [0.2, 0.25) is 0 Å². The van der Waals surface area contributed by atoms with E-state index in [0.29, 0.717) is 19.3 Å². The lowest BCUT2D eigenvalue weighted by molar-refractivity contribution is -0.206. The largest absolute Gasteiger partial charge is 0.458 e. The normalized spacial score (nSPS) is 54.4. The molecule has 7 atom stereocenters. The zero-order valence-corrected chi connectivity index (χ0v) is 15.4. The van der Waals surface area contributed by atoms with Crippen LogP contribution in [0.4, 0.5) is 0 Å². The zero-order valence-electron chi connectivity index (χ0n) is 15.4. The van der Waals surface area contributed by atoms with E-state index in [1.165, 1.54) is 0 Å². The lowest BCUT2D eigenvalue weighted by Gasteiger charge is -2.59. The molecule has 0 amide bonds. The monoisotopic (exact) mass is 362 g/mol. The van der Waals surface area contributed by atoms with Crippen LogP contribution in [0, 0.1) is 17.3 Å². The van der Waals surface area contributed by atoms with E-state index in [0.717, 1.165) is 11.1 Å². The molecule has 2 heterocycles. The predicted octanol–water partition coefficient (Wildman–Crippen LogP) is 0.846. The molecule has 2 fully saturated rings. The summed E-state index contributed by atoms with van der Waals surface area (Å²) in [6.45, 7) is 5.99. The second kappa shape index (κ2) is 4.61. The summed E-state index contributed by atoms with van der Waals surface area (Å²) < 4.78 is 11.3. The average Bonchev–Trinajstić information content (AvgIpc) is 3.21. The summed E-state index contributed by atoms with van der Waals surface area (Å²) in [5.74, 6) is -0.494. The Morgan fingerprint density at radius 2 is 2.00 bits per heavy atom. The maximum atomic E-state index is 12.0. The Balaban J connectivity index is 1.66. The second-order valence-electron chi connectivity index (χ2n) is 9.23. The number of cyclic esters (lactones) is 1. The Hall–Kier alpha value is -1.21. The van der Waals surface area contributed by atoms with Gasteiger partial charge in [0.1, 0.15) is 23.9 Å². The lowest BCUT2D eigenvalue weighted by Crippen LogP contribution is -2.73. The highest BCUT2D eigenvalue weighted by Crippen LogP contribution is 2.71. The highest BCUT2D eigenvalue weighted by Gasteiger charge is 2.84. The van der Waals surface area contributed by atoms with Gasteiger partial charge in [0.2, 0.25) is 0 Å². The summed E-state index contributed by atoms with van der Waals surface area (Å²) in [7, 11) is 0. The van der Waals surface area contributed by atoms with Crippen LogP contribution in [-0.4, -0.2) is 56.9 Å². The van der Waals surface area contributed by atoms with E-state index in [-0.39, 0.29) is 30.5 Å². The van der Waals surface area contributed by atoms with E-state index < -0.39 is 28.3 Å². The molecule has 0 aromatic carbocycles. The standard InChI is InChI=1S/C20H26O6/c1-10(2)18(23)6-7-19(24)17(3)5-4-11-12(9-25-15(11)21)13(17)8-14-20(19,26-14)16(18)22/h6-7,10,13-14,16,22-24H,4-5,8-9H2,1-3H3/t13-,14-,16+,17-,18+,19+,20+/m0/s1. The molecule has 2 aliphatic heterocycles. The number of hydrogen-bond donors (Lipinski definition) is 3. The quantitative estimate of drug-likeness (QED) is 0.363. The first-order valence-electron chi connectivity index (χ1n) is 9.52. The van der Waals surface area contributed by atoms with E-state index in [2.05, 4.69) is 0 Å². The Labute approximate surface area is 152 Å². The number of epoxide rings is 1. The molecule has 6 heteroatoms. The number of aliphatic hydroxyl groups excluding tert-OH is 1. The number of aliphatic hydroxyl groups is 3. The van der Waals surface area contributed by atoms with Gasteiger partial charge in [-0.25, -0.2) is 4.79 Å². The highest BCUT2D eigenvalue weighted by atomic mass is 16.6. The minimum absolute atomic E-state index is 0.0367. The molecule has 3 aliphatic carbocycles. The molecular weight excluding hydrogens is 336 g/mol. The van der Waals surface area contributed by atoms with Gasteiger partial charge in [0.05, 0.1) is 6.10 Å². The lowest BCUT2D eigenvalue weighted by atomic mass is 9.46. The minimum Gasteiger partial charge on any atom is -0.458 e. The van der Waals surface area contributed by atoms with Gasteiger partial charge < -0.3 is 24.8 Å². The predicted molar refractivity (Wildman–Crippen MR) is 90.9 cm³/mol. The van der Waals surface area contributed by atoms with Crippen LogP contribution in [-0.2, 0) is 14.3 Å². The number of ether oxygens (including phenoxy) is 2. The van der Waals surface area contributed by atoms with Crippen molar-refractivity contribution in [3.8, 4) is 0 Å². The Kier molecular flexibility index (Phi) is 3.00. The number of hydrogen-bond acceptors (Lipinski definition) is 6. The highest BCUT2D eigenvalue weighted by molar-refractivity contribution is 5.92. The first-order valence-corrected chi connectivity index (χ1v) is 9.52. The van der Waals surface area contributed by atoms with Crippen molar-refractivity contribution >= 4 is 5.97 Å². The number of carbonyl (C=O) groups is 1. The summed E-state index contributed by atoms with van der Waals surface area (Å²) in [4.78, 5) is 12.0. The summed E-state index contributed by atoms with van der Waals surface area (Å²) in [5, 5.41) is 34.0. The molecule has 3 N–H and O–H groups in total. The van der Waals surface area contributed by atoms with Crippen LogP contribution in [0.25, 0.3) is 0 Å². The van der Waals surface area contributed by atoms with Crippen LogP contribution < -0.4 is 0 Å². The van der Waals surface area contributed by atoms with Crippen molar-refractivity contribution in [3.05, 3.63) is 23.3 Å². The maximum absolute atomic E-state index is 12.0. The molecule has 1 spiro atoms. The molecule has 1 saturated heterocycles. The third-order valence-corrected chi connectivity index (χ3v) is 8.11. The topological polar surface area (TPSA) is 99.5 Å². The molecule has 142 valence electrons. The minimum atomic E-state index is -1.43. The molecule has 5 aliphatic rings. The van der Waals surface area contributed by atoms with E-state index in [9.17, 15) is 20.1 Å². The van der Waals surface area contributed by atoms with E-state index in [4.69, 9.17) is 9.47 Å². The molecule has 6 nitrogen and oxygen atoms in total. The van der Waals surface area contributed by atoms with Gasteiger partial charge in [0.15, 0.2) is 5.60 Å². The van der Waals surface area contributed by atoms with Gasteiger partial charge in [-0.05, 0) is 36.7 Å². The Morgan fingerprint density at radius 1 is 1.27 bits per heavy atom. The molecule has 1 saturated carbocycles. The number of rotatable bonds is 1. The fourth-order valence-electron chi connectivity index (χ4n) is 6.21. The van der Waals surface area contributed by atoms with Crippen LogP contribution in [0.3, 0.4) is 0 Å². The molecule has 0 unspecified atom stereocenters. The molecule has 0 aromatic heterocycles. The van der Waals surface area contributed by atoms with Crippen molar-refractivity contribution in [3.63, 3.8) is 0 Å². The summed E-state index contributed by atoms with van der Waals surface area (Å²) in [5.41, 5.74) is -2.89. The van der Waals surface area contributed by atoms with Gasteiger partial charge in [-0.2, -0.15) is 0 Å². The zero-order chi connectivity index (χ0) is 18.7. The molecule has 0 bridgehead atoms. The van der Waals surface area contributed by atoms with Crippen molar-refractivity contribution in [1.29, 1.82) is 0 Å². The van der Waals surface area contributed by atoms with Crippen molar-refractivity contribution < 1.29 is 29.6 Å². The first-order chi connectivity index (χ1) is 12.1. The molecule has 5 rings (SSSR count). The number of esters is 1. The second-order valence-corrected chi connectivity index (χ2v) is 9.23. The van der Waals surface area contributed by atoms with Gasteiger partial charge in [0.25, 0.3) is 0 Å². The van der Waals surface area contributed by atoms with Crippen LogP contribution in [0.1, 0.15) is 40.0 Å². The Bertz CT molecular complexity index is 770. The Morgan fingerprint density at radius 3 is 2.69 bits per heavy atom. The molecule has 26 heavy (non-hydrogen) atoms. The maximum Gasteiger partial charge on any atom is 0.334 e. The van der Waals surface area contributed by atoms with Gasteiger partial charge in [-0.1, -0.05) is 32.9 Å². The fraction of sp³-hybridized carbons (Fsp3) is 0.750. The summed E-state index contributed by atoms with van der Waals surface area (Å²) >= 11 is 0. The van der Waals surface area contributed by atoms with Gasteiger partial charge in [-0.15, -0.1) is 0 Å². The van der Waals surface area contributed by atoms with Gasteiger partial charge in [-0.3, -0.25) is 0 Å². The van der Waals surface area contributed by atoms with E-state index in [1.54, 1.807) is 12.2 Å². The third kappa shape index (κ3) is 1.54. The van der Waals surface area contributed by atoms with Crippen molar-refractivity contribution in [2.24, 2.45) is 17.3 Å². The smallest absolute Gasteiger partial charge is 0.334 e. The summed E-state index contributed by atoms with van der Waals surface area (Å²) in [6, 6.07) is 0. The fourth-order valence-corrected chi connectivity index (χ4v) is 6.21. The van der Waals surface area contributed by atoms with Crippen LogP contribution >= 0.6 is 0 Å². The van der Waals surface area contributed by atoms with Crippen molar-refractivity contribution in [1.82, 2.24) is 0 Å².